The van der Waals surface area contributed by atoms with Crippen molar-refractivity contribution in [2.75, 3.05) is 38.5 Å². The predicted molar refractivity (Wildman–Crippen MR) is 72.4 cm³/mol. The highest BCUT2D eigenvalue weighted by molar-refractivity contribution is 7.99. The Labute approximate surface area is 111 Å². The van der Waals surface area contributed by atoms with Gasteiger partial charge in [0.1, 0.15) is 5.82 Å². The van der Waals surface area contributed by atoms with Gasteiger partial charge < -0.3 is 10.4 Å². The Morgan fingerprint density at radius 3 is 2.61 bits per heavy atom. The fourth-order valence-electron chi connectivity index (χ4n) is 1.97. The van der Waals surface area contributed by atoms with E-state index >= 15 is 0 Å². The second-order valence-electron chi connectivity index (χ2n) is 4.47. The van der Waals surface area contributed by atoms with Crippen molar-refractivity contribution in [3.63, 3.8) is 0 Å². The molecular formula is C13H19FN2OS. The zero-order chi connectivity index (χ0) is 12.8. The SMILES string of the molecule is OC(CSc1ccc(F)cc1)CN1CCNCC1. The maximum Gasteiger partial charge on any atom is 0.123 e. The van der Waals surface area contributed by atoms with Crippen LogP contribution in [0.25, 0.3) is 0 Å². The van der Waals surface area contributed by atoms with Gasteiger partial charge in [-0.15, -0.1) is 11.8 Å². The van der Waals surface area contributed by atoms with Gasteiger partial charge in [0.15, 0.2) is 0 Å². The molecule has 1 heterocycles. The van der Waals surface area contributed by atoms with Gasteiger partial charge in [-0.25, -0.2) is 4.39 Å². The van der Waals surface area contributed by atoms with Crippen LogP contribution >= 0.6 is 11.8 Å². The summed E-state index contributed by atoms with van der Waals surface area (Å²) >= 11 is 1.57. The fraction of sp³-hybridized carbons (Fsp3) is 0.538. The molecule has 1 aliphatic rings. The first-order valence-corrected chi connectivity index (χ1v) is 7.22. The third-order valence-electron chi connectivity index (χ3n) is 2.93. The van der Waals surface area contributed by atoms with Crippen LogP contribution in [0.15, 0.2) is 29.2 Å². The Hall–Kier alpha value is -0.620. The largest absolute Gasteiger partial charge is 0.391 e. The van der Waals surface area contributed by atoms with Crippen molar-refractivity contribution in [1.29, 1.82) is 0 Å². The third-order valence-corrected chi connectivity index (χ3v) is 4.09. The van der Waals surface area contributed by atoms with Crippen molar-refractivity contribution >= 4 is 11.8 Å². The molecule has 3 nitrogen and oxygen atoms in total. The molecule has 1 aromatic rings. The molecule has 0 spiro atoms. The zero-order valence-electron chi connectivity index (χ0n) is 10.3. The van der Waals surface area contributed by atoms with E-state index in [1.807, 2.05) is 0 Å². The van der Waals surface area contributed by atoms with E-state index in [2.05, 4.69) is 10.2 Å². The maximum atomic E-state index is 12.7. The highest BCUT2D eigenvalue weighted by Gasteiger charge is 2.14. The van der Waals surface area contributed by atoms with Gasteiger partial charge in [-0.2, -0.15) is 0 Å². The minimum absolute atomic E-state index is 0.222. The first-order chi connectivity index (χ1) is 8.74. The lowest BCUT2D eigenvalue weighted by Crippen LogP contribution is -2.46. The number of thioether (sulfide) groups is 1. The second kappa shape index (κ2) is 7.09. The Morgan fingerprint density at radius 2 is 1.94 bits per heavy atom. The van der Waals surface area contributed by atoms with Crippen molar-refractivity contribution in [3.05, 3.63) is 30.1 Å². The maximum absolute atomic E-state index is 12.7. The molecule has 100 valence electrons. The normalized spacial score (nSPS) is 18.8. The van der Waals surface area contributed by atoms with E-state index in [4.69, 9.17) is 0 Å². The molecule has 18 heavy (non-hydrogen) atoms. The van der Waals surface area contributed by atoms with Gasteiger partial charge in [0, 0.05) is 43.4 Å². The van der Waals surface area contributed by atoms with Gasteiger partial charge in [0.25, 0.3) is 0 Å². The van der Waals surface area contributed by atoms with Gasteiger partial charge >= 0.3 is 0 Å². The van der Waals surface area contributed by atoms with Crippen molar-refractivity contribution in [3.8, 4) is 0 Å². The highest BCUT2D eigenvalue weighted by Crippen LogP contribution is 2.19. The van der Waals surface area contributed by atoms with Crippen LogP contribution in [0.4, 0.5) is 4.39 Å². The smallest absolute Gasteiger partial charge is 0.123 e. The zero-order valence-corrected chi connectivity index (χ0v) is 11.1. The number of piperazine rings is 1. The summed E-state index contributed by atoms with van der Waals surface area (Å²) in [7, 11) is 0. The standard InChI is InChI=1S/C13H19FN2OS/c14-11-1-3-13(4-2-11)18-10-12(17)9-16-7-5-15-6-8-16/h1-4,12,15,17H,5-10H2. The van der Waals surface area contributed by atoms with Gasteiger partial charge in [0.2, 0.25) is 0 Å². The molecule has 0 aliphatic carbocycles. The van der Waals surface area contributed by atoms with Crippen molar-refractivity contribution in [1.82, 2.24) is 10.2 Å². The molecule has 0 aromatic heterocycles. The number of nitrogens with zero attached hydrogens (tertiary/aromatic N) is 1. The number of aliphatic hydroxyl groups is 1. The average molecular weight is 270 g/mol. The number of hydrogen-bond acceptors (Lipinski definition) is 4. The second-order valence-corrected chi connectivity index (χ2v) is 5.56. The van der Waals surface area contributed by atoms with Crippen LogP contribution in [0.3, 0.4) is 0 Å². The Morgan fingerprint density at radius 1 is 1.28 bits per heavy atom. The number of halogens is 1. The monoisotopic (exact) mass is 270 g/mol. The van der Waals surface area contributed by atoms with E-state index in [9.17, 15) is 9.50 Å². The summed E-state index contributed by atoms with van der Waals surface area (Å²) in [5.41, 5.74) is 0. The Kier molecular flexibility index (Phi) is 5.44. The first kappa shape index (κ1) is 13.8. The predicted octanol–water partition coefficient (Wildman–Crippen LogP) is 1.18. The lowest BCUT2D eigenvalue weighted by molar-refractivity contribution is 0.121. The lowest BCUT2D eigenvalue weighted by atomic mass is 10.3. The van der Waals surface area contributed by atoms with E-state index in [1.165, 1.54) is 12.1 Å². The van der Waals surface area contributed by atoms with Crippen molar-refractivity contribution < 1.29 is 9.50 Å². The molecule has 2 rings (SSSR count). The molecule has 1 atom stereocenters. The van der Waals surface area contributed by atoms with Crippen LogP contribution in [0, 0.1) is 5.82 Å². The van der Waals surface area contributed by atoms with Crippen molar-refractivity contribution in [2.45, 2.75) is 11.0 Å². The van der Waals surface area contributed by atoms with Crippen LogP contribution in [-0.2, 0) is 0 Å². The number of β-amino-alcohol motifs (C(OH)–C–C–N with tert-alkyl or cyclic N) is 1. The number of nitrogens with one attached hydrogen (secondary N) is 1. The van der Waals surface area contributed by atoms with Crippen LogP contribution in [-0.4, -0.2) is 54.6 Å². The molecule has 0 radical (unpaired) electrons. The molecule has 2 N–H and O–H groups in total. The molecule has 5 heteroatoms. The molecule has 0 saturated carbocycles. The summed E-state index contributed by atoms with van der Waals surface area (Å²) in [6, 6.07) is 6.39. The Bertz CT molecular complexity index is 355. The highest BCUT2D eigenvalue weighted by atomic mass is 32.2. The van der Waals surface area contributed by atoms with E-state index in [0.717, 1.165) is 37.6 Å². The van der Waals surface area contributed by atoms with Gasteiger partial charge in [-0.3, -0.25) is 4.90 Å². The summed E-state index contributed by atoms with van der Waals surface area (Å²) in [5.74, 6) is 0.427. The van der Waals surface area contributed by atoms with Crippen LogP contribution < -0.4 is 5.32 Å². The van der Waals surface area contributed by atoms with Gasteiger partial charge in [-0.1, -0.05) is 0 Å². The van der Waals surface area contributed by atoms with E-state index in [0.29, 0.717) is 5.75 Å². The molecule has 0 amide bonds. The number of benzene rings is 1. The number of rotatable bonds is 5. The van der Waals surface area contributed by atoms with E-state index in [1.54, 1.807) is 23.9 Å². The topological polar surface area (TPSA) is 35.5 Å². The molecule has 1 aromatic carbocycles. The lowest BCUT2D eigenvalue weighted by Gasteiger charge is -2.28. The Balaban J connectivity index is 1.70. The molecule has 1 unspecified atom stereocenters. The minimum Gasteiger partial charge on any atom is -0.391 e. The summed E-state index contributed by atoms with van der Waals surface area (Å²) < 4.78 is 12.7. The quantitative estimate of drug-likeness (QED) is 0.788. The molecule has 1 aliphatic heterocycles. The van der Waals surface area contributed by atoms with Crippen LogP contribution in [0.2, 0.25) is 0 Å². The van der Waals surface area contributed by atoms with Crippen LogP contribution in [0.5, 0.6) is 0 Å². The third kappa shape index (κ3) is 4.57. The van der Waals surface area contributed by atoms with Crippen LogP contribution in [0.1, 0.15) is 0 Å². The fourth-order valence-corrected chi connectivity index (χ4v) is 2.79. The molecular weight excluding hydrogens is 251 g/mol. The summed E-state index contributed by atoms with van der Waals surface area (Å²) in [6.07, 6.45) is -0.335. The van der Waals surface area contributed by atoms with Crippen molar-refractivity contribution in [2.24, 2.45) is 0 Å². The molecule has 1 saturated heterocycles. The summed E-state index contributed by atoms with van der Waals surface area (Å²) in [5, 5.41) is 13.2. The van der Waals surface area contributed by atoms with E-state index < -0.39 is 0 Å². The number of aliphatic hydroxyl groups excluding tert-OH is 1. The first-order valence-electron chi connectivity index (χ1n) is 6.23. The molecule has 1 fully saturated rings. The summed E-state index contributed by atoms with van der Waals surface area (Å²) in [4.78, 5) is 3.27. The van der Waals surface area contributed by atoms with Gasteiger partial charge in [-0.05, 0) is 24.3 Å². The van der Waals surface area contributed by atoms with Gasteiger partial charge in [0.05, 0.1) is 6.10 Å². The minimum atomic E-state index is -0.335. The summed E-state index contributed by atoms with van der Waals surface area (Å²) in [6.45, 7) is 4.71. The number of hydrogen-bond donors (Lipinski definition) is 2. The molecule has 0 bridgehead atoms. The average Bonchev–Trinajstić information content (AvgIpc) is 2.39. The van der Waals surface area contributed by atoms with E-state index in [-0.39, 0.29) is 11.9 Å².